The van der Waals surface area contributed by atoms with Gasteiger partial charge in [-0.15, -0.1) is 6.58 Å². The molecule has 0 aliphatic heterocycles. The van der Waals surface area contributed by atoms with Crippen LogP contribution in [0.3, 0.4) is 0 Å². The Balaban J connectivity index is 1.69. The minimum atomic E-state index is -0.440. The number of rotatable bonds is 9. The van der Waals surface area contributed by atoms with Crippen LogP contribution in [0.1, 0.15) is 28.1 Å². The summed E-state index contributed by atoms with van der Waals surface area (Å²) in [5.41, 5.74) is 5.32. The van der Waals surface area contributed by atoms with Crippen LogP contribution in [0.15, 0.2) is 67.3 Å². The maximum absolute atomic E-state index is 11.1. The van der Waals surface area contributed by atoms with Crippen molar-refractivity contribution in [2.45, 2.75) is 20.0 Å². The van der Waals surface area contributed by atoms with Gasteiger partial charge in [-0.3, -0.25) is 10.1 Å². The molecule has 0 aliphatic carbocycles. The van der Waals surface area contributed by atoms with Crippen LogP contribution in [0.4, 0.5) is 5.69 Å². The molecule has 0 bridgehead atoms. The predicted molar refractivity (Wildman–Crippen MR) is 139 cm³/mol. The maximum atomic E-state index is 11.1. The van der Waals surface area contributed by atoms with Gasteiger partial charge < -0.3 is 14.5 Å². The Morgan fingerprint density at radius 1 is 1.25 bits per heavy atom. The number of methoxy groups -OCH3 is 1. The number of non-ortho nitro benzene ring substituents is 1. The Bertz CT molecular complexity index is 1530. The van der Waals surface area contributed by atoms with Gasteiger partial charge in [-0.05, 0) is 60.4 Å². The van der Waals surface area contributed by atoms with Crippen molar-refractivity contribution < 1.29 is 14.4 Å². The molecule has 1 N–H and O–H groups in total. The lowest BCUT2D eigenvalue weighted by molar-refractivity contribution is -0.384. The van der Waals surface area contributed by atoms with E-state index in [0.29, 0.717) is 34.9 Å². The van der Waals surface area contributed by atoms with Crippen molar-refractivity contribution in [2.75, 3.05) is 7.11 Å². The molecule has 0 fully saturated rings. The summed E-state index contributed by atoms with van der Waals surface area (Å²) in [6, 6.07) is 18.1. The molecular weight excluding hydrogens is 456 g/mol. The zero-order valence-electron chi connectivity index (χ0n) is 19.9. The Labute approximate surface area is 208 Å². The van der Waals surface area contributed by atoms with Gasteiger partial charge in [0, 0.05) is 17.7 Å². The van der Waals surface area contributed by atoms with E-state index in [4.69, 9.17) is 9.47 Å². The number of ether oxygens (including phenoxy) is 2. The topological polar surface area (TPSA) is 114 Å². The summed E-state index contributed by atoms with van der Waals surface area (Å²) in [5, 5.41) is 20.9. The molecule has 0 aliphatic rings. The first kappa shape index (κ1) is 24.2. The third-order valence-electron chi connectivity index (χ3n) is 5.57. The number of benzene rings is 3. The van der Waals surface area contributed by atoms with Crippen LogP contribution < -0.4 is 9.47 Å². The SMILES string of the molecule is C=CCc1cc(/C=C(\C#N)c2nc3ccc(C)cc3[nH]2)cc(OC)c1OCc1cccc([N+](=O)[O-])c1. The van der Waals surface area contributed by atoms with Crippen molar-refractivity contribution >= 4 is 28.4 Å². The number of nitriles is 1. The quantitative estimate of drug-likeness (QED) is 0.133. The summed E-state index contributed by atoms with van der Waals surface area (Å²) in [4.78, 5) is 18.4. The zero-order chi connectivity index (χ0) is 25.7. The van der Waals surface area contributed by atoms with Crippen molar-refractivity contribution in [3.05, 3.63) is 105 Å². The van der Waals surface area contributed by atoms with E-state index in [2.05, 4.69) is 22.6 Å². The standard InChI is InChI=1S/C28H24N4O4/c1-4-6-21-12-20(13-22(16-29)28-30-24-10-9-18(2)11-25(24)31-28)15-26(35-3)27(21)36-17-19-7-5-8-23(14-19)32(33)34/h4-5,7-15H,1,6,17H2,2-3H3,(H,30,31)/b22-13+. The third-order valence-corrected chi connectivity index (χ3v) is 5.57. The lowest BCUT2D eigenvalue weighted by Crippen LogP contribution is -2.02. The predicted octanol–water partition coefficient (Wildman–Crippen LogP) is 6.16. The highest BCUT2D eigenvalue weighted by atomic mass is 16.6. The van der Waals surface area contributed by atoms with Crippen LogP contribution in [0.25, 0.3) is 22.7 Å². The number of fused-ring (bicyclic) bond motifs is 1. The second-order valence-electron chi connectivity index (χ2n) is 8.20. The summed E-state index contributed by atoms with van der Waals surface area (Å²) in [5.74, 6) is 1.47. The number of aromatic amines is 1. The largest absolute Gasteiger partial charge is 0.493 e. The van der Waals surface area contributed by atoms with Crippen molar-refractivity contribution in [1.82, 2.24) is 9.97 Å². The number of allylic oxidation sites excluding steroid dienone is 2. The average Bonchev–Trinajstić information content (AvgIpc) is 3.29. The summed E-state index contributed by atoms with van der Waals surface area (Å²) in [6.45, 7) is 5.95. The van der Waals surface area contributed by atoms with Crippen LogP contribution in [0.5, 0.6) is 11.5 Å². The molecule has 0 unspecified atom stereocenters. The van der Waals surface area contributed by atoms with Crippen LogP contribution >= 0.6 is 0 Å². The van der Waals surface area contributed by atoms with E-state index in [1.54, 1.807) is 30.4 Å². The summed E-state index contributed by atoms with van der Waals surface area (Å²) in [6.07, 6.45) is 3.98. The van der Waals surface area contributed by atoms with Gasteiger partial charge in [0.15, 0.2) is 11.5 Å². The van der Waals surface area contributed by atoms with Crippen LogP contribution in [-0.4, -0.2) is 22.0 Å². The van der Waals surface area contributed by atoms with E-state index in [1.807, 2.05) is 31.2 Å². The van der Waals surface area contributed by atoms with E-state index in [9.17, 15) is 15.4 Å². The number of nitro groups is 1. The molecule has 3 aromatic carbocycles. The number of nitrogens with one attached hydrogen (secondary N) is 1. The minimum absolute atomic E-state index is 0.000328. The highest BCUT2D eigenvalue weighted by molar-refractivity contribution is 5.90. The van der Waals surface area contributed by atoms with Gasteiger partial charge in [-0.25, -0.2) is 4.98 Å². The first-order valence-electron chi connectivity index (χ1n) is 11.2. The van der Waals surface area contributed by atoms with Crippen molar-refractivity contribution in [3.8, 4) is 17.6 Å². The number of hydrogen-bond donors (Lipinski definition) is 1. The Kier molecular flexibility index (Phi) is 7.12. The molecule has 0 radical (unpaired) electrons. The molecular formula is C28H24N4O4. The number of nitrogens with zero attached hydrogens (tertiary/aromatic N) is 3. The second-order valence-corrected chi connectivity index (χ2v) is 8.20. The summed E-state index contributed by atoms with van der Waals surface area (Å²) < 4.78 is 11.7. The van der Waals surface area contributed by atoms with Crippen molar-refractivity contribution in [2.24, 2.45) is 0 Å². The maximum Gasteiger partial charge on any atom is 0.269 e. The molecule has 0 spiro atoms. The lowest BCUT2D eigenvalue weighted by atomic mass is 10.0. The molecule has 1 heterocycles. The number of aromatic nitrogens is 2. The summed E-state index contributed by atoms with van der Waals surface area (Å²) >= 11 is 0. The molecule has 180 valence electrons. The normalized spacial score (nSPS) is 11.2. The molecule has 0 amide bonds. The monoisotopic (exact) mass is 480 g/mol. The van der Waals surface area contributed by atoms with Gasteiger partial charge in [0.1, 0.15) is 18.5 Å². The Hall–Kier alpha value is -4.90. The Morgan fingerprint density at radius 3 is 2.81 bits per heavy atom. The molecule has 4 aromatic rings. The number of hydrogen-bond acceptors (Lipinski definition) is 6. The van der Waals surface area contributed by atoms with Gasteiger partial charge in [-0.2, -0.15) is 5.26 Å². The van der Waals surface area contributed by atoms with Crippen LogP contribution in [0.2, 0.25) is 0 Å². The third kappa shape index (κ3) is 5.26. The first-order valence-corrected chi connectivity index (χ1v) is 11.2. The first-order chi connectivity index (χ1) is 17.4. The van der Waals surface area contributed by atoms with Crippen LogP contribution in [-0.2, 0) is 13.0 Å². The second kappa shape index (κ2) is 10.6. The molecule has 8 nitrogen and oxygen atoms in total. The molecule has 1 aromatic heterocycles. The number of aryl methyl sites for hydroxylation is 1. The molecule has 0 saturated carbocycles. The average molecular weight is 481 g/mol. The number of nitro benzene ring substituents is 1. The van der Waals surface area contributed by atoms with Crippen molar-refractivity contribution in [1.29, 1.82) is 5.26 Å². The van der Waals surface area contributed by atoms with Crippen molar-refractivity contribution in [3.63, 3.8) is 0 Å². The van der Waals surface area contributed by atoms with Gasteiger partial charge in [0.2, 0.25) is 0 Å². The van der Waals surface area contributed by atoms with E-state index in [1.165, 1.54) is 19.2 Å². The fourth-order valence-electron chi connectivity index (χ4n) is 3.88. The Morgan fingerprint density at radius 2 is 2.08 bits per heavy atom. The van der Waals surface area contributed by atoms with E-state index < -0.39 is 4.92 Å². The number of imidazole rings is 1. The summed E-state index contributed by atoms with van der Waals surface area (Å²) in [7, 11) is 1.54. The zero-order valence-corrected chi connectivity index (χ0v) is 19.9. The molecule has 0 atom stereocenters. The smallest absolute Gasteiger partial charge is 0.269 e. The fourth-order valence-corrected chi connectivity index (χ4v) is 3.88. The highest BCUT2D eigenvalue weighted by Crippen LogP contribution is 2.35. The lowest BCUT2D eigenvalue weighted by Gasteiger charge is -2.16. The van der Waals surface area contributed by atoms with Crippen LogP contribution in [0, 0.1) is 28.4 Å². The van der Waals surface area contributed by atoms with E-state index in [-0.39, 0.29) is 12.3 Å². The van der Waals surface area contributed by atoms with Gasteiger partial charge in [-0.1, -0.05) is 24.3 Å². The highest BCUT2D eigenvalue weighted by Gasteiger charge is 2.15. The van der Waals surface area contributed by atoms with Gasteiger partial charge in [0.05, 0.1) is 28.6 Å². The van der Waals surface area contributed by atoms with E-state index >= 15 is 0 Å². The fraction of sp³-hybridized carbons (Fsp3) is 0.143. The van der Waals surface area contributed by atoms with E-state index in [0.717, 1.165) is 27.7 Å². The minimum Gasteiger partial charge on any atom is -0.493 e. The molecule has 0 saturated heterocycles. The van der Waals surface area contributed by atoms with Gasteiger partial charge >= 0.3 is 0 Å². The number of H-pyrrole nitrogens is 1. The van der Waals surface area contributed by atoms with Gasteiger partial charge in [0.25, 0.3) is 5.69 Å². The molecule has 8 heteroatoms. The molecule has 36 heavy (non-hydrogen) atoms. The molecule has 4 rings (SSSR count).